The van der Waals surface area contributed by atoms with Gasteiger partial charge in [0, 0.05) is 18.1 Å². The van der Waals surface area contributed by atoms with Gasteiger partial charge in [0.05, 0.1) is 0 Å². The molecule has 6 heteroatoms. The number of amides is 1. The van der Waals surface area contributed by atoms with Gasteiger partial charge in [0.2, 0.25) is 0 Å². The van der Waals surface area contributed by atoms with Crippen LogP contribution in [0, 0.1) is 0 Å². The molecule has 1 amide bonds. The number of carboxylic acids is 1. The fourth-order valence-corrected chi connectivity index (χ4v) is 2.31. The Morgan fingerprint density at radius 2 is 2.40 bits per heavy atom. The van der Waals surface area contributed by atoms with Crippen molar-refractivity contribution in [3.63, 3.8) is 0 Å². The van der Waals surface area contributed by atoms with E-state index in [1.807, 2.05) is 0 Å². The zero-order valence-corrected chi connectivity index (χ0v) is 8.74. The van der Waals surface area contributed by atoms with Crippen LogP contribution in [-0.2, 0) is 4.79 Å². The highest BCUT2D eigenvalue weighted by Crippen LogP contribution is 2.20. The van der Waals surface area contributed by atoms with E-state index < -0.39 is 12.0 Å². The van der Waals surface area contributed by atoms with Crippen LogP contribution in [0.3, 0.4) is 0 Å². The van der Waals surface area contributed by atoms with E-state index in [0.717, 1.165) is 6.42 Å². The molecule has 1 saturated heterocycles. The van der Waals surface area contributed by atoms with E-state index in [1.165, 1.54) is 16.2 Å². The van der Waals surface area contributed by atoms with Gasteiger partial charge in [-0.05, 0) is 12.8 Å². The molecule has 2 rings (SSSR count). The summed E-state index contributed by atoms with van der Waals surface area (Å²) in [4.78, 5) is 28.0. The fourth-order valence-electron chi connectivity index (χ4n) is 1.72. The van der Waals surface area contributed by atoms with Gasteiger partial charge in [-0.25, -0.2) is 9.78 Å². The number of carbonyl (C=O) groups excluding carboxylic acids is 1. The van der Waals surface area contributed by atoms with Crippen molar-refractivity contribution in [1.29, 1.82) is 0 Å². The van der Waals surface area contributed by atoms with Crippen molar-refractivity contribution in [1.82, 2.24) is 9.88 Å². The van der Waals surface area contributed by atoms with Crippen LogP contribution in [0.15, 0.2) is 11.6 Å². The van der Waals surface area contributed by atoms with Gasteiger partial charge in [-0.15, -0.1) is 11.3 Å². The van der Waals surface area contributed by atoms with Gasteiger partial charge < -0.3 is 10.0 Å². The van der Waals surface area contributed by atoms with Crippen molar-refractivity contribution < 1.29 is 14.7 Å². The second-order valence-electron chi connectivity index (χ2n) is 3.33. The maximum Gasteiger partial charge on any atom is 0.326 e. The monoisotopic (exact) mass is 226 g/mol. The Bertz CT molecular complexity index is 377. The molecule has 1 fully saturated rings. The molecule has 1 N–H and O–H groups in total. The minimum absolute atomic E-state index is 0.269. The lowest BCUT2D eigenvalue weighted by Gasteiger charge is -2.19. The van der Waals surface area contributed by atoms with Crippen molar-refractivity contribution in [2.75, 3.05) is 6.54 Å². The van der Waals surface area contributed by atoms with E-state index in [9.17, 15) is 9.59 Å². The third-order valence-corrected chi connectivity index (χ3v) is 3.18. The number of thiazole rings is 1. The Morgan fingerprint density at radius 3 is 3.00 bits per heavy atom. The molecule has 0 radical (unpaired) electrons. The van der Waals surface area contributed by atoms with Crippen molar-refractivity contribution in [3.8, 4) is 0 Å². The van der Waals surface area contributed by atoms with Crippen LogP contribution < -0.4 is 0 Å². The lowest BCUT2D eigenvalue weighted by molar-refractivity contribution is -0.141. The molecular weight excluding hydrogens is 216 g/mol. The summed E-state index contributed by atoms with van der Waals surface area (Å²) in [6.45, 7) is 0.509. The highest BCUT2D eigenvalue weighted by Gasteiger charge is 2.35. The molecular formula is C9H10N2O3S. The minimum atomic E-state index is -0.933. The number of carboxylic acid groups (broad SMARTS) is 1. The summed E-state index contributed by atoms with van der Waals surface area (Å²) in [6, 6.07) is -0.679. The normalized spacial score (nSPS) is 20.5. The lowest BCUT2D eigenvalue weighted by atomic mass is 10.2. The fraction of sp³-hybridized carbons (Fsp3) is 0.444. The van der Waals surface area contributed by atoms with E-state index in [0.29, 0.717) is 18.0 Å². The van der Waals surface area contributed by atoms with E-state index in [2.05, 4.69) is 4.98 Å². The summed E-state index contributed by atoms with van der Waals surface area (Å²) in [6.07, 6.45) is 2.82. The number of rotatable bonds is 2. The molecule has 1 aromatic rings. The Morgan fingerprint density at radius 1 is 1.60 bits per heavy atom. The van der Waals surface area contributed by atoms with E-state index >= 15 is 0 Å². The zero-order valence-electron chi connectivity index (χ0n) is 7.92. The number of aromatic nitrogens is 1. The Labute approximate surface area is 90.4 Å². The third kappa shape index (κ3) is 1.85. The molecule has 5 nitrogen and oxygen atoms in total. The van der Waals surface area contributed by atoms with E-state index in [-0.39, 0.29) is 5.91 Å². The summed E-state index contributed by atoms with van der Waals surface area (Å²) < 4.78 is 0. The average Bonchev–Trinajstić information content (AvgIpc) is 2.88. The van der Waals surface area contributed by atoms with E-state index in [4.69, 9.17) is 5.11 Å². The molecule has 0 aliphatic carbocycles. The molecule has 1 aliphatic rings. The van der Waals surface area contributed by atoms with Crippen LogP contribution >= 0.6 is 11.3 Å². The van der Waals surface area contributed by atoms with Gasteiger partial charge >= 0.3 is 5.97 Å². The summed E-state index contributed by atoms with van der Waals surface area (Å²) in [5, 5.41) is 11.0. The Balaban J connectivity index is 2.17. The minimum Gasteiger partial charge on any atom is -0.480 e. The standard InChI is InChI=1S/C9H10N2O3S/c12-8(7-10-3-5-15-7)11-4-1-2-6(11)9(13)14/h3,5-6H,1-2,4H2,(H,13,14). The van der Waals surface area contributed by atoms with Crippen molar-refractivity contribution in [2.24, 2.45) is 0 Å². The second kappa shape index (κ2) is 3.98. The maximum absolute atomic E-state index is 11.8. The molecule has 1 atom stereocenters. The number of carbonyl (C=O) groups is 2. The summed E-state index contributed by atoms with van der Waals surface area (Å²) >= 11 is 1.24. The van der Waals surface area contributed by atoms with Crippen LogP contribution in [0.1, 0.15) is 22.6 Å². The molecule has 1 aromatic heterocycles. The van der Waals surface area contributed by atoms with Crippen LogP contribution in [-0.4, -0.2) is 39.5 Å². The van der Waals surface area contributed by atoms with Crippen LogP contribution in [0.2, 0.25) is 0 Å². The first-order valence-corrected chi connectivity index (χ1v) is 5.51. The first-order chi connectivity index (χ1) is 7.20. The highest BCUT2D eigenvalue weighted by molar-refractivity contribution is 7.11. The molecule has 15 heavy (non-hydrogen) atoms. The summed E-state index contributed by atoms with van der Waals surface area (Å²) in [7, 11) is 0. The molecule has 1 unspecified atom stereocenters. The van der Waals surface area contributed by atoms with Gasteiger partial charge in [0.25, 0.3) is 5.91 Å². The smallest absolute Gasteiger partial charge is 0.326 e. The first-order valence-electron chi connectivity index (χ1n) is 4.63. The molecule has 0 saturated carbocycles. The first kappa shape index (κ1) is 10.1. The predicted octanol–water partition coefficient (Wildman–Crippen LogP) is 0.832. The third-order valence-electron chi connectivity index (χ3n) is 2.41. The molecule has 0 aromatic carbocycles. The quantitative estimate of drug-likeness (QED) is 0.811. The van der Waals surface area contributed by atoms with Gasteiger partial charge in [-0.3, -0.25) is 4.79 Å². The number of hydrogen-bond acceptors (Lipinski definition) is 4. The Kier molecular flexibility index (Phi) is 2.68. The van der Waals surface area contributed by atoms with Crippen LogP contribution in [0.4, 0.5) is 0 Å². The molecule has 0 bridgehead atoms. The van der Waals surface area contributed by atoms with Crippen molar-refractivity contribution in [3.05, 3.63) is 16.6 Å². The average molecular weight is 226 g/mol. The SMILES string of the molecule is O=C(O)C1CCCN1C(=O)c1nccs1. The largest absolute Gasteiger partial charge is 0.480 e. The molecule has 2 heterocycles. The second-order valence-corrected chi connectivity index (χ2v) is 4.23. The molecule has 80 valence electrons. The van der Waals surface area contributed by atoms with Gasteiger partial charge in [0.1, 0.15) is 6.04 Å². The van der Waals surface area contributed by atoms with Gasteiger partial charge in [-0.2, -0.15) is 0 Å². The topological polar surface area (TPSA) is 70.5 Å². The Hall–Kier alpha value is -1.43. The van der Waals surface area contributed by atoms with Crippen molar-refractivity contribution in [2.45, 2.75) is 18.9 Å². The van der Waals surface area contributed by atoms with E-state index in [1.54, 1.807) is 11.6 Å². The molecule has 1 aliphatic heterocycles. The van der Waals surface area contributed by atoms with Crippen LogP contribution in [0.25, 0.3) is 0 Å². The number of likely N-dealkylation sites (tertiary alicyclic amines) is 1. The predicted molar refractivity (Wildman–Crippen MR) is 53.8 cm³/mol. The summed E-state index contributed by atoms with van der Waals surface area (Å²) in [5.41, 5.74) is 0. The van der Waals surface area contributed by atoms with Crippen LogP contribution in [0.5, 0.6) is 0 Å². The number of hydrogen-bond donors (Lipinski definition) is 1. The van der Waals surface area contributed by atoms with Gasteiger partial charge in [0.15, 0.2) is 5.01 Å². The molecule has 0 spiro atoms. The lowest BCUT2D eigenvalue weighted by Crippen LogP contribution is -2.40. The zero-order chi connectivity index (χ0) is 10.8. The maximum atomic E-state index is 11.8. The van der Waals surface area contributed by atoms with Crippen molar-refractivity contribution >= 4 is 23.2 Å². The number of nitrogens with zero attached hydrogens (tertiary/aromatic N) is 2. The number of aliphatic carboxylic acids is 1. The van der Waals surface area contributed by atoms with Gasteiger partial charge in [-0.1, -0.05) is 0 Å². The summed E-state index contributed by atoms with van der Waals surface area (Å²) in [5.74, 6) is -1.20. The highest BCUT2D eigenvalue weighted by atomic mass is 32.1.